The number of rotatable bonds is 8. The van der Waals surface area contributed by atoms with Crippen molar-refractivity contribution in [3.05, 3.63) is 54.2 Å². The van der Waals surface area contributed by atoms with Gasteiger partial charge in [-0.05, 0) is 49.4 Å². The average molecular weight is 452 g/mol. The minimum absolute atomic E-state index is 0.00917. The summed E-state index contributed by atoms with van der Waals surface area (Å²) in [5, 5.41) is 3.57. The number of nitrogens with zero attached hydrogens (tertiary/aromatic N) is 2. The van der Waals surface area contributed by atoms with Crippen LogP contribution >= 0.6 is 11.8 Å². The van der Waals surface area contributed by atoms with E-state index in [4.69, 9.17) is 9.47 Å². The molecule has 0 fully saturated rings. The minimum atomic E-state index is -0.0557. The molecule has 4 rings (SSSR count). The monoisotopic (exact) mass is 451 g/mol. The second-order valence-electron chi connectivity index (χ2n) is 7.22. The van der Waals surface area contributed by atoms with Crippen molar-refractivity contribution in [2.75, 3.05) is 24.3 Å². The molecular formula is C24H25N3O4S. The van der Waals surface area contributed by atoms with E-state index in [2.05, 4.69) is 21.8 Å². The molecule has 0 bridgehead atoms. The lowest BCUT2D eigenvalue weighted by Gasteiger charge is -2.19. The number of hydrogen-bond donors (Lipinski definition) is 1. The molecule has 0 atom stereocenters. The summed E-state index contributed by atoms with van der Waals surface area (Å²) >= 11 is 1.41. The number of ether oxygens (including phenoxy) is 2. The Morgan fingerprint density at radius 2 is 1.81 bits per heavy atom. The summed E-state index contributed by atoms with van der Waals surface area (Å²) in [6, 6.07) is 12.9. The molecule has 166 valence electrons. The molecule has 0 saturated heterocycles. The topological polar surface area (TPSA) is 82.5 Å². The van der Waals surface area contributed by atoms with Crippen LogP contribution in [0, 0.1) is 0 Å². The first-order chi connectivity index (χ1) is 15.6. The molecule has 0 aliphatic carbocycles. The van der Waals surface area contributed by atoms with Crippen molar-refractivity contribution in [3.63, 3.8) is 0 Å². The summed E-state index contributed by atoms with van der Waals surface area (Å²) in [6.45, 7) is 5.68. The minimum Gasteiger partial charge on any atom is -0.486 e. The van der Waals surface area contributed by atoms with Crippen LogP contribution in [0.25, 0.3) is 11.3 Å². The molecular weight excluding hydrogens is 426 g/mol. The Morgan fingerprint density at radius 3 is 2.53 bits per heavy atom. The number of fused-ring (bicyclic) bond motifs is 1. The van der Waals surface area contributed by atoms with E-state index in [0.717, 1.165) is 34.5 Å². The van der Waals surface area contributed by atoms with E-state index in [1.807, 2.05) is 24.4 Å². The maximum Gasteiger partial charge on any atom is 0.224 e. The summed E-state index contributed by atoms with van der Waals surface area (Å²) in [4.78, 5) is 28.7. The van der Waals surface area contributed by atoms with Crippen LogP contribution in [0.15, 0.2) is 53.8 Å². The van der Waals surface area contributed by atoms with Crippen LogP contribution in [0.3, 0.4) is 0 Å². The van der Waals surface area contributed by atoms with E-state index in [9.17, 15) is 9.59 Å². The number of imidazole rings is 1. The Labute approximate surface area is 191 Å². The molecule has 1 aromatic heterocycles. The third-order valence-electron chi connectivity index (χ3n) is 5.12. The predicted molar refractivity (Wildman–Crippen MR) is 125 cm³/mol. The van der Waals surface area contributed by atoms with Crippen molar-refractivity contribution in [2.24, 2.45) is 0 Å². The molecule has 1 aliphatic heterocycles. The van der Waals surface area contributed by atoms with Crippen molar-refractivity contribution >= 4 is 29.1 Å². The highest BCUT2D eigenvalue weighted by atomic mass is 32.2. The molecule has 1 aliphatic rings. The number of anilines is 1. The van der Waals surface area contributed by atoms with Gasteiger partial charge in [-0.25, -0.2) is 4.98 Å². The van der Waals surface area contributed by atoms with E-state index >= 15 is 0 Å². The van der Waals surface area contributed by atoms with Gasteiger partial charge in [0.1, 0.15) is 13.2 Å². The number of aromatic nitrogens is 2. The zero-order valence-corrected chi connectivity index (χ0v) is 18.9. The third kappa shape index (κ3) is 4.80. The molecule has 7 nitrogen and oxygen atoms in total. The van der Waals surface area contributed by atoms with Gasteiger partial charge in [-0.1, -0.05) is 18.7 Å². The number of hydrogen-bond acceptors (Lipinski definition) is 6. The predicted octanol–water partition coefficient (Wildman–Crippen LogP) is 4.66. The molecule has 1 N–H and O–H groups in total. The quantitative estimate of drug-likeness (QED) is 0.396. The van der Waals surface area contributed by atoms with Gasteiger partial charge in [-0.3, -0.25) is 9.59 Å². The number of ketones is 1. The summed E-state index contributed by atoms with van der Waals surface area (Å²) < 4.78 is 13.4. The first kappa shape index (κ1) is 22.0. The lowest BCUT2D eigenvalue weighted by Crippen LogP contribution is -2.15. The van der Waals surface area contributed by atoms with Crippen LogP contribution in [0.1, 0.15) is 30.6 Å². The van der Waals surface area contributed by atoms with Crippen LogP contribution in [0.5, 0.6) is 11.5 Å². The van der Waals surface area contributed by atoms with Gasteiger partial charge >= 0.3 is 0 Å². The SMILES string of the molecule is CCC(=O)Nc1ccc(C(=O)CSc2ncc(-c3ccc4c(c3)OCCO4)n2CC)cc1. The van der Waals surface area contributed by atoms with Gasteiger partial charge in [0.2, 0.25) is 5.91 Å². The molecule has 32 heavy (non-hydrogen) atoms. The van der Waals surface area contributed by atoms with E-state index in [1.54, 1.807) is 31.2 Å². The third-order valence-corrected chi connectivity index (χ3v) is 6.11. The Hall–Kier alpha value is -3.26. The van der Waals surface area contributed by atoms with Crippen molar-refractivity contribution in [2.45, 2.75) is 32.0 Å². The highest BCUT2D eigenvalue weighted by Gasteiger charge is 2.17. The number of thioether (sulfide) groups is 1. The van der Waals surface area contributed by atoms with E-state index < -0.39 is 0 Å². The van der Waals surface area contributed by atoms with Crippen molar-refractivity contribution in [3.8, 4) is 22.8 Å². The van der Waals surface area contributed by atoms with Crippen LogP contribution < -0.4 is 14.8 Å². The van der Waals surface area contributed by atoms with Crippen LogP contribution in [0.4, 0.5) is 5.69 Å². The van der Waals surface area contributed by atoms with Gasteiger partial charge in [0, 0.05) is 29.8 Å². The summed E-state index contributed by atoms with van der Waals surface area (Å²) in [5.41, 5.74) is 3.25. The van der Waals surface area contributed by atoms with Crippen LogP contribution in [-0.2, 0) is 11.3 Å². The van der Waals surface area contributed by atoms with E-state index in [1.165, 1.54) is 11.8 Å². The average Bonchev–Trinajstić information content (AvgIpc) is 3.25. The van der Waals surface area contributed by atoms with E-state index in [-0.39, 0.29) is 17.4 Å². The lowest BCUT2D eigenvalue weighted by atomic mass is 10.1. The molecule has 1 amide bonds. The van der Waals surface area contributed by atoms with Gasteiger partial charge in [0.05, 0.1) is 17.6 Å². The number of Topliss-reactive ketones (excluding diaryl/α,β-unsaturated/α-hetero) is 1. The van der Waals surface area contributed by atoms with Crippen LogP contribution in [-0.4, -0.2) is 40.2 Å². The second-order valence-corrected chi connectivity index (χ2v) is 8.16. The van der Waals surface area contributed by atoms with Crippen molar-refractivity contribution in [1.82, 2.24) is 9.55 Å². The standard InChI is InChI=1S/C24H25N3O4S/c1-3-23(29)26-18-8-5-16(6-9-18)20(28)15-32-24-25-14-19(27(24)4-2)17-7-10-21-22(13-17)31-12-11-30-21/h5-10,13-14H,3-4,11-12,15H2,1-2H3,(H,26,29). The van der Waals surface area contributed by atoms with Gasteiger partial charge in [-0.2, -0.15) is 0 Å². The van der Waals surface area contributed by atoms with Crippen molar-refractivity contribution < 1.29 is 19.1 Å². The van der Waals surface area contributed by atoms with Crippen molar-refractivity contribution in [1.29, 1.82) is 0 Å². The zero-order chi connectivity index (χ0) is 22.5. The van der Waals surface area contributed by atoms with Gasteiger partial charge in [0.15, 0.2) is 22.4 Å². The van der Waals surface area contributed by atoms with Gasteiger partial charge in [0.25, 0.3) is 0 Å². The second kappa shape index (κ2) is 9.91. The smallest absolute Gasteiger partial charge is 0.224 e. The summed E-state index contributed by atoms with van der Waals surface area (Å²) in [6.07, 6.45) is 2.24. The number of amides is 1. The molecule has 3 aromatic rings. The normalized spacial score (nSPS) is 12.4. The maximum absolute atomic E-state index is 12.7. The lowest BCUT2D eigenvalue weighted by molar-refractivity contribution is -0.115. The molecule has 2 aromatic carbocycles. The largest absolute Gasteiger partial charge is 0.486 e. The van der Waals surface area contributed by atoms with E-state index in [0.29, 0.717) is 30.9 Å². The fourth-order valence-corrected chi connectivity index (χ4v) is 4.35. The van der Waals surface area contributed by atoms with Gasteiger partial charge in [-0.15, -0.1) is 0 Å². The molecule has 8 heteroatoms. The molecule has 0 unspecified atom stereocenters. The number of nitrogens with one attached hydrogen (secondary N) is 1. The Morgan fingerprint density at radius 1 is 1.06 bits per heavy atom. The number of benzene rings is 2. The first-order valence-corrected chi connectivity index (χ1v) is 11.6. The highest BCUT2D eigenvalue weighted by molar-refractivity contribution is 7.99. The zero-order valence-electron chi connectivity index (χ0n) is 18.1. The Bertz CT molecular complexity index is 1120. The number of carbonyl (C=O) groups excluding carboxylic acids is 2. The Kier molecular flexibility index (Phi) is 6.80. The Balaban J connectivity index is 1.44. The fourth-order valence-electron chi connectivity index (χ4n) is 3.41. The highest BCUT2D eigenvalue weighted by Crippen LogP contribution is 2.35. The number of carbonyl (C=O) groups is 2. The summed E-state index contributed by atoms with van der Waals surface area (Å²) in [7, 11) is 0. The molecule has 0 radical (unpaired) electrons. The molecule has 0 spiro atoms. The maximum atomic E-state index is 12.7. The van der Waals surface area contributed by atoms with Crippen LogP contribution in [0.2, 0.25) is 0 Å². The summed E-state index contributed by atoms with van der Waals surface area (Å²) in [5.74, 6) is 1.72. The first-order valence-electron chi connectivity index (χ1n) is 10.6. The van der Waals surface area contributed by atoms with Gasteiger partial charge < -0.3 is 19.4 Å². The fraction of sp³-hybridized carbons (Fsp3) is 0.292. The molecule has 2 heterocycles. The molecule has 0 saturated carbocycles.